The van der Waals surface area contributed by atoms with Crippen LogP contribution in [0.25, 0.3) is 0 Å². The van der Waals surface area contributed by atoms with E-state index in [1.165, 1.54) is 24.8 Å². The minimum Gasteiger partial charge on any atom is -0.486 e. The Morgan fingerprint density at radius 1 is 1.09 bits per heavy atom. The molecule has 0 spiro atoms. The van der Waals surface area contributed by atoms with Gasteiger partial charge in [0.25, 0.3) is 0 Å². The molecular formula is C17H20N2O3. The number of aromatic nitrogens is 1. The summed E-state index contributed by atoms with van der Waals surface area (Å²) in [5.41, 5.74) is 2.22. The Hall–Kier alpha value is -2.01. The second-order valence-corrected chi connectivity index (χ2v) is 5.87. The molecule has 0 amide bonds. The van der Waals surface area contributed by atoms with Crippen molar-refractivity contribution in [2.45, 2.75) is 38.3 Å². The summed E-state index contributed by atoms with van der Waals surface area (Å²) in [5.74, 6) is 3.32. The van der Waals surface area contributed by atoms with Crippen LogP contribution in [-0.2, 0) is 13.1 Å². The molecule has 1 N–H and O–H groups in total. The first kappa shape index (κ1) is 13.6. The van der Waals surface area contributed by atoms with E-state index in [1.54, 1.807) is 6.39 Å². The van der Waals surface area contributed by atoms with Gasteiger partial charge in [0.2, 0.25) is 0 Å². The monoisotopic (exact) mass is 300 g/mol. The first-order valence-corrected chi connectivity index (χ1v) is 7.91. The number of nitrogens with one attached hydrogen (secondary N) is 1. The SMILES string of the molecule is c1nc(CNCc2ccc3c(c2)OCCO3)c(C2CCC2)o1. The van der Waals surface area contributed by atoms with Crippen molar-refractivity contribution in [2.24, 2.45) is 0 Å². The van der Waals surface area contributed by atoms with Gasteiger partial charge in [0.05, 0.1) is 5.69 Å². The van der Waals surface area contributed by atoms with Gasteiger partial charge < -0.3 is 19.2 Å². The molecule has 2 aliphatic rings. The van der Waals surface area contributed by atoms with E-state index < -0.39 is 0 Å². The van der Waals surface area contributed by atoms with Crippen LogP contribution in [0, 0.1) is 0 Å². The van der Waals surface area contributed by atoms with Crippen LogP contribution in [0.1, 0.15) is 42.2 Å². The van der Waals surface area contributed by atoms with E-state index in [4.69, 9.17) is 13.9 Å². The molecule has 0 radical (unpaired) electrons. The van der Waals surface area contributed by atoms with Crippen molar-refractivity contribution in [2.75, 3.05) is 13.2 Å². The van der Waals surface area contributed by atoms with E-state index in [0.717, 1.165) is 36.0 Å². The van der Waals surface area contributed by atoms with Gasteiger partial charge >= 0.3 is 0 Å². The van der Waals surface area contributed by atoms with Crippen LogP contribution < -0.4 is 14.8 Å². The summed E-state index contributed by atoms with van der Waals surface area (Å²) in [4.78, 5) is 4.35. The number of hydrogen-bond acceptors (Lipinski definition) is 5. The number of hydrogen-bond donors (Lipinski definition) is 1. The Morgan fingerprint density at radius 2 is 1.95 bits per heavy atom. The van der Waals surface area contributed by atoms with Crippen molar-refractivity contribution < 1.29 is 13.9 Å². The molecule has 22 heavy (non-hydrogen) atoms. The fourth-order valence-corrected chi connectivity index (χ4v) is 2.94. The quantitative estimate of drug-likeness (QED) is 0.920. The van der Waals surface area contributed by atoms with Gasteiger partial charge in [-0.3, -0.25) is 0 Å². The Bertz CT molecular complexity index is 649. The van der Waals surface area contributed by atoms with Gasteiger partial charge in [0.15, 0.2) is 17.9 Å². The molecular weight excluding hydrogens is 280 g/mol. The third kappa shape index (κ3) is 2.68. The lowest BCUT2D eigenvalue weighted by Crippen LogP contribution is -2.18. The first-order chi connectivity index (χ1) is 10.9. The number of rotatable bonds is 5. The van der Waals surface area contributed by atoms with Gasteiger partial charge in [-0.2, -0.15) is 0 Å². The summed E-state index contributed by atoms with van der Waals surface area (Å²) in [6.07, 6.45) is 5.32. The first-order valence-electron chi connectivity index (χ1n) is 7.91. The molecule has 1 aliphatic carbocycles. The van der Waals surface area contributed by atoms with Crippen molar-refractivity contribution in [3.05, 3.63) is 41.6 Å². The van der Waals surface area contributed by atoms with E-state index in [-0.39, 0.29) is 0 Å². The molecule has 1 aromatic carbocycles. The highest BCUT2D eigenvalue weighted by Crippen LogP contribution is 2.37. The fourth-order valence-electron chi connectivity index (χ4n) is 2.94. The molecule has 1 aromatic heterocycles. The number of ether oxygens (including phenoxy) is 2. The second kappa shape index (κ2) is 6.01. The van der Waals surface area contributed by atoms with Gasteiger partial charge in [-0.1, -0.05) is 12.5 Å². The van der Waals surface area contributed by atoms with E-state index in [0.29, 0.717) is 19.1 Å². The third-order valence-electron chi connectivity index (χ3n) is 4.38. The Morgan fingerprint density at radius 3 is 2.77 bits per heavy atom. The van der Waals surface area contributed by atoms with Crippen LogP contribution in [0.15, 0.2) is 29.0 Å². The summed E-state index contributed by atoms with van der Waals surface area (Å²) in [7, 11) is 0. The van der Waals surface area contributed by atoms with Crippen molar-refractivity contribution >= 4 is 0 Å². The van der Waals surface area contributed by atoms with Crippen LogP contribution in [0.4, 0.5) is 0 Å². The summed E-state index contributed by atoms with van der Waals surface area (Å²) >= 11 is 0. The average molecular weight is 300 g/mol. The van der Waals surface area contributed by atoms with Crippen molar-refractivity contribution in [3.63, 3.8) is 0 Å². The maximum absolute atomic E-state index is 5.61. The zero-order chi connectivity index (χ0) is 14.8. The average Bonchev–Trinajstić information content (AvgIpc) is 2.94. The lowest BCUT2D eigenvalue weighted by Gasteiger charge is -2.23. The molecule has 5 heteroatoms. The van der Waals surface area contributed by atoms with Crippen molar-refractivity contribution in [3.8, 4) is 11.5 Å². The van der Waals surface area contributed by atoms with Crippen LogP contribution in [0.3, 0.4) is 0 Å². The fraction of sp³-hybridized carbons (Fsp3) is 0.471. The molecule has 1 saturated carbocycles. The van der Waals surface area contributed by atoms with E-state index in [1.807, 2.05) is 12.1 Å². The molecule has 4 rings (SSSR count). The van der Waals surface area contributed by atoms with Gasteiger partial charge in [-0.05, 0) is 30.5 Å². The summed E-state index contributed by atoms with van der Waals surface area (Å²) in [5, 5.41) is 3.44. The Kier molecular flexibility index (Phi) is 3.72. The number of benzene rings is 1. The van der Waals surface area contributed by atoms with E-state index in [2.05, 4.69) is 16.4 Å². The molecule has 5 nitrogen and oxygen atoms in total. The van der Waals surface area contributed by atoms with Crippen LogP contribution in [-0.4, -0.2) is 18.2 Å². The standard InChI is InChI=1S/C17H20N2O3/c1-2-13(3-1)17-14(19-11-22-17)10-18-9-12-4-5-15-16(8-12)21-7-6-20-15/h4-5,8,11,13,18H,1-3,6-7,9-10H2. The third-order valence-corrected chi connectivity index (χ3v) is 4.38. The zero-order valence-electron chi connectivity index (χ0n) is 12.5. The molecule has 116 valence electrons. The molecule has 1 fully saturated rings. The van der Waals surface area contributed by atoms with E-state index in [9.17, 15) is 0 Å². The topological polar surface area (TPSA) is 56.5 Å². The lowest BCUT2D eigenvalue weighted by molar-refractivity contribution is 0.171. The maximum atomic E-state index is 5.61. The largest absolute Gasteiger partial charge is 0.486 e. The van der Waals surface area contributed by atoms with Crippen LogP contribution in [0.5, 0.6) is 11.5 Å². The van der Waals surface area contributed by atoms with Gasteiger partial charge in [0.1, 0.15) is 19.0 Å². The molecule has 2 heterocycles. The molecule has 0 bridgehead atoms. The highest BCUT2D eigenvalue weighted by Gasteiger charge is 2.25. The molecule has 0 atom stereocenters. The number of nitrogens with zero attached hydrogens (tertiary/aromatic N) is 1. The van der Waals surface area contributed by atoms with E-state index >= 15 is 0 Å². The minimum atomic E-state index is 0.577. The summed E-state index contributed by atoms with van der Waals surface area (Å²) < 4.78 is 16.7. The number of oxazole rings is 1. The Balaban J connectivity index is 1.36. The van der Waals surface area contributed by atoms with Crippen LogP contribution >= 0.6 is 0 Å². The molecule has 2 aromatic rings. The van der Waals surface area contributed by atoms with Crippen molar-refractivity contribution in [1.82, 2.24) is 10.3 Å². The van der Waals surface area contributed by atoms with Gasteiger partial charge in [-0.25, -0.2) is 4.98 Å². The summed E-state index contributed by atoms with van der Waals surface area (Å²) in [6, 6.07) is 6.08. The van der Waals surface area contributed by atoms with Gasteiger partial charge in [-0.15, -0.1) is 0 Å². The zero-order valence-corrected chi connectivity index (χ0v) is 12.5. The highest BCUT2D eigenvalue weighted by molar-refractivity contribution is 5.43. The molecule has 1 aliphatic heterocycles. The minimum absolute atomic E-state index is 0.577. The molecule has 0 saturated heterocycles. The normalized spacial score (nSPS) is 17.3. The number of fused-ring (bicyclic) bond motifs is 1. The van der Waals surface area contributed by atoms with Gasteiger partial charge in [0, 0.05) is 19.0 Å². The molecule has 0 unspecified atom stereocenters. The lowest BCUT2D eigenvalue weighted by atomic mass is 9.83. The predicted molar refractivity (Wildman–Crippen MR) is 81.1 cm³/mol. The highest BCUT2D eigenvalue weighted by atomic mass is 16.6. The Labute approximate surface area is 129 Å². The second-order valence-electron chi connectivity index (χ2n) is 5.87. The van der Waals surface area contributed by atoms with Crippen molar-refractivity contribution in [1.29, 1.82) is 0 Å². The smallest absolute Gasteiger partial charge is 0.181 e. The maximum Gasteiger partial charge on any atom is 0.181 e. The predicted octanol–water partition coefficient (Wildman–Crippen LogP) is 3.00. The summed E-state index contributed by atoms with van der Waals surface area (Å²) in [6.45, 7) is 2.75. The van der Waals surface area contributed by atoms with Crippen LogP contribution in [0.2, 0.25) is 0 Å².